The molecule has 0 spiro atoms. The van der Waals surface area contributed by atoms with Crippen LogP contribution in [-0.2, 0) is 4.79 Å². The Balaban J connectivity index is 2.45. The number of para-hydroxylation sites is 1. The van der Waals surface area contributed by atoms with Crippen LogP contribution in [0, 0.1) is 0 Å². The molecular formula is C15H16N4O2S. The molecule has 2 aromatic rings. The summed E-state index contributed by atoms with van der Waals surface area (Å²) >= 11 is 1.36. The lowest BCUT2D eigenvalue weighted by Gasteiger charge is -2.13. The maximum atomic E-state index is 11.9. The van der Waals surface area contributed by atoms with Crippen molar-refractivity contribution in [2.24, 2.45) is 0 Å². The summed E-state index contributed by atoms with van der Waals surface area (Å²) in [5.41, 5.74) is 13.5. The van der Waals surface area contributed by atoms with E-state index in [4.69, 9.17) is 11.5 Å². The summed E-state index contributed by atoms with van der Waals surface area (Å²) in [6, 6.07) is 10.4. The molecule has 0 saturated carbocycles. The first kappa shape index (κ1) is 15.7. The second-order valence-corrected chi connectivity index (χ2v) is 5.57. The minimum atomic E-state index is -0.279. The monoisotopic (exact) mass is 316 g/mol. The molecule has 0 fully saturated rings. The van der Waals surface area contributed by atoms with Gasteiger partial charge >= 0.3 is 0 Å². The molecule has 0 saturated heterocycles. The summed E-state index contributed by atoms with van der Waals surface area (Å²) in [5, 5.41) is 5.13. The van der Waals surface area contributed by atoms with Crippen LogP contribution in [0.15, 0.2) is 46.2 Å². The molecule has 2 amide bonds. The first-order valence-electron chi connectivity index (χ1n) is 6.44. The summed E-state index contributed by atoms with van der Waals surface area (Å²) < 4.78 is 0. The topological polar surface area (TPSA) is 110 Å². The van der Waals surface area contributed by atoms with Crippen molar-refractivity contribution in [3.63, 3.8) is 0 Å². The number of nitrogens with one attached hydrogen (secondary N) is 2. The lowest BCUT2D eigenvalue weighted by atomic mass is 10.1. The van der Waals surface area contributed by atoms with Crippen LogP contribution in [-0.4, -0.2) is 19.4 Å². The predicted molar refractivity (Wildman–Crippen MR) is 88.9 cm³/mol. The maximum absolute atomic E-state index is 11.9. The van der Waals surface area contributed by atoms with Gasteiger partial charge < -0.3 is 22.1 Å². The Morgan fingerprint density at radius 2 is 1.86 bits per heavy atom. The van der Waals surface area contributed by atoms with E-state index in [1.807, 2.05) is 6.07 Å². The minimum Gasteiger partial charge on any atom is -0.399 e. The van der Waals surface area contributed by atoms with Gasteiger partial charge in [0.2, 0.25) is 6.41 Å². The number of anilines is 3. The molecule has 6 nitrogen and oxygen atoms in total. The minimum absolute atomic E-state index is 0.279. The highest BCUT2D eigenvalue weighted by Gasteiger charge is 2.14. The van der Waals surface area contributed by atoms with Crippen molar-refractivity contribution in [1.29, 1.82) is 0 Å². The van der Waals surface area contributed by atoms with Crippen molar-refractivity contribution >= 4 is 41.1 Å². The Bertz CT molecular complexity index is 698. The molecule has 114 valence electrons. The number of hydrogen-bond donors (Lipinski definition) is 4. The van der Waals surface area contributed by atoms with Crippen molar-refractivity contribution in [2.45, 2.75) is 9.79 Å². The SMILES string of the molecule is CNC(=O)c1cccc(Sc2cc(N)cc(N)c2)c1NC=O. The van der Waals surface area contributed by atoms with Gasteiger partial charge in [-0.3, -0.25) is 9.59 Å². The molecular weight excluding hydrogens is 300 g/mol. The van der Waals surface area contributed by atoms with Crippen molar-refractivity contribution in [3.05, 3.63) is 42.0 Å². The Kier molecular flexibility index (Phi) is 4.90. The average Bonchev–Trinajstić information content (AvgIpc) is 2.47. The van der Waals surface area contributed by atoms with Gasteiger partial charge in [0.1, 0.15) is 0 Å². The number of hydrogen-bond acceptors (Lipinski definition) is 5. The fourth-order valence-corrected chi connectivity index (χ4v) is 3.04. The lowest BCUT2D eigenvalue weighted by Crippen LogP contribution is -2.19. The zero-order valence-corrected chi connectivity index (χ0v) is 12.7. The van der Waals surface area contributed by atoms with E-state index in [9.17, 15) is 9.59 Å². The van der Waals surface area contributed by atoms with E-state index in [0.717, 1.165) is 9.79 Å². The third-order valence-electron chi connectivity index (χ3n) is 2.88. The van der Waals surface area contributed by atoms with Crippen LogP contribution < -0.4 is 22.1 Å². The van der Waals surface area contributed by atoms with Crippen LogP contribution in [0.2, 0.25) is 0 Å². The number of nitrogen functional groups attached to an aromatic ring is 2. The van der Waals surface area contributed by atoms with Gasteiger partial charge in [-0.25, -0.2) is 0 Å². The van der Waals surface area contributed by atoms with Gasteiger partial charge in [0.05, 0.1) is 11.3 Å². The summed E-state index contributed by atoms with van der Waals surface area (Å²) in [6.45, 7) is 0. The van der Waals surface area contributed by atoms with E-state index in [0.29, 0.717) is 29.0 Å². The third kappa shape index (κ3) is 3.50. The first-order chi connectivity index (χ1) is 10.5. The van der Waals surface area contributed by atoms with Crippen LogP contribution in [0.3, 0.4) is 0 Å². The summed E-state index contributed by atoms with van der Waals surface area (Å²) in [7, 11) is 1.53. The summed E-state index contributed by atoms with van der Waals surface area (Å²) in [6.07, 6.45) is 0.541. The molecule has 0 aromatic heterocycles. The molecule has 0 aliphatic carbocycles. The Hall–Kier alpha value is -2.67. The summed E-state index contributed by atoms with van der Waals surface area (Å²) in [5.74, 6) is -0.279. The number of carbonyl (C=O) groups is 2. The molecule has 6 N–H and O–H groups in total. The zero-order chi connectivity index (χ0) is 16.1. The second-order valence-electron chi connectivity index (χ2n) is 4.46. The number of nitrogens with two attached hydrogens (primary N) is 2. The fraction of sp³-hybridized carbons (Fsp3) is 0.0667. The van der Waals surface area contributed by atoms with Gasteiger partial charge in [0.15, 0.2) is 0 Å². The Labute approximate surface area is 132 Å². The van der Waals surface area contributed by atoms with Crippen molar-refractivity contribution in [3.8, 4) is 0 Å². The van der Waals surface area contributed by atoms with Gasteiger partial charge in [0, 0.05) is 28.2 Å². The molecule has 0 heterocycles. The Morgan fingerprint density at radius 3 is 2.45 bits per heavy atom. The molecule has 0 atom stereocenters. The second kappa shape index (κ2) is 6.86. The molecule has 2 aromatic carbocycles. The van der Waals surface area contributed by atoms with Crippen LogP contribution in [0.4, 0.5) is 17.1 Å². The van der Waals surface area contributed by atoms with Crippen LogP contribution in [0.25, 0.3) is 0 Å². The number of benzene rings is 2. The number of rotatable bonds is 5. The molecule has 7 heteroatoms. The van der Waals surface area contributed by atoms with Gasteiger partial charge in [-0.15, -0.1) is 0 Å². The highest BCUT2D eigenvalue weighted by molar-refractivity contribution is 7.99. The van der Waals surface area contributed by atoms with Crippen LogP contribution >= 0.6 is 11.8 Å². The maximum Gasteiger partial charge on any atom is 0.253 e. The number of carbonyl (C=O) groups excluding carboxylic acids is 2. The lowest BCUT2D eigenvalue weighted by molar-refractivity contribution is -0.105. The quantitative estimate of drug-likeness (QED) is 0.497. The first-order valence-corrected chi connectivity index (χ1v) is 7.26. The Morgan fingerprint density at radius 1 is 1.18 bits per heavy atom. The standard InChI is InChI=1S/C15H16N4O2S/c1-18-15(21)12-3-2-4-13(14(12)19-8-20)22-11-6-9(16)5-10(17)7-11/h2-8H,16-17H2,1H3,(H,18,21)(H,19,20). The molecule has 0 aliphatic heterocycles. The van der Waals surface area contributed by atoms with Crippen LogP contribution in [0.5, 0.6) is 0 Å². The van der Waals surface area contributed by atoms with Gasteiger partial charge in [-0.2, -0.15) is 0 Å². The fourth-order valence-electron chi connectivity index (χ4n) is 1.98. The largest absolute Gasteiger partial charge is 0.399 e. The van der Waals surface area contributed by atoms with E-state index < -0.39 is 0 Å². The smallest absolute Gasteiger partial charge is 0.253 e. The van der Waals surface area contributed by atoms with E-state index in [2.05, 4.69) is 10.6 Å². The molecule has 0 radical (unpaired) electrons. The predicted octanol–water partition coefficient (Wildman–Crippen LogP) is 1.93. The van der Waals surface area contributed by atoms with E-state index in [1.54, 1.807) is 30.3 Å². The molecule has 0 aliphatic rings. The van der Waals surface area contributed by atoms with Crippen LogP contribution in [0.1, 0.15) is 10.4 Å². The summed E-state index contributed by atoms with van der Waals surface area (Å²) in [4.78, 5) is 24.3. The van der Waals surface area contributed by atoms with Gasteiger partial charge in [-0.1, -0.05) is 17.8 Å². The zero-order valence-electron chi connectivity index (χ0n) is 11.9. The van der Waals surface area contributed by atoms with Crippen molar-refractivity contribution < 1.29 is 9.59 Å². The molecule has 2 rings (SSSR count). The number of amides is 2. The van der Waals surface area contributed by atoms with E-state index in [1.165, 1.54) is 18.8 Å². The van der Waals surface area contributed by atoms with E-state index >= 15 is 0 Å². The van der Waals surface area contributed by atoms with E-state index in [-0.39, 0.29) is 5.91 Å². The molecule has 22 heavy (non-hydrogen) atoms. The normalized spacial score (nSPS) is 10.0. The third-order valence-corrected chi connectivity index (χ3v) is 3.91. The highest BCUT2D eigenvalue weighted by atomic mass is 32.2. The molecule has 0 bridgehead atoms. The van der Waals surface area contributed by atoms with Gasteiger partial charge in [0.25, 0.3) is 5.91 Å². The highest BCUT2D eigenvalue weighted by Crippen LogP contribution is 2.36. The molecule has 0 unspecified atom stereocenters. The van der Waals surface area contributed by atoms with Crippen molar-refractivity contribution in [1.82, 2.24) is 5.32 Å². The van der Waals surface area contributed by atoms with Gasteiger partial charge in [-0.05, 0) is 30.3 Å². The van der Waals surface area contributed by atoms with Crippen molar-refractivity contribution in [2.75, 3.05) is 23.8 Å². The average molecular weight is 316 g/mol.